The van der Waals surface area contributed by atoms with E-state index in [4.69, 9.17) is 0 Å². The lowest BCUT2D eigenvalue weighted by Gasteiger charge is -2.32. The highest BCUT2D eigenvalue weighted by atomic mass is 19.1. The number of halogens is 4. The van der Waals surface area contributed by atoms with Crippen molar-refractivity contribution in [2.45, 2.75) is 64.2 Å². The SMILES string of the molecule is O=C(Nc1ccc(F)cc1F)N(CC1CCCCC1)c1cccc(N(CC2CCCCC2)C(=O)Nc2ccc(F)cc2F)c1. The maximum atomic E-state index is 14.5. The summed E-state index contributed by atoms with van der Waals surface area (Å²) in [5, 5.41) is 5.17. The Balaban J connectivity index is 1.45. The molecule has 2 saturated carbocycles. The molecule has 0 radical (unpaired) electrons. The van der Waals surface area contributed by atoms with E-state index in [2.05, 4.69) is 10.6 Å². The Bertz CT molecular complexity index is 1350. The van der Waals surface area contributed by atoms with Gasteiger partial charge in [0.25, 0.3) is 0 Å². The van der Waals surface area contributed by atoms with Crippen molar-refractivity contribution in [3.63, 3.8) is 0 Å². The van der Waals surface area contributed by atoms with Crippen LogP contribution >= 0.6 is 0 Å². The first-order valence-electron chi connectivity index (χ1n) is 15.4. The topological polar surface area (TPSA) is 64.7 Å². The van der Waals surface area contributed by atoms with Crippen molar-refractivity contribution in [3.05, 3.63) is 83.9 Å². The van der Waals surface area contributed by atoms with E-state index in [1.165, 1.54) is 12.1 Å². The summed E-state index contributed by atoms with van der Waals surface area (Å²) in [5.41, 5.74) is 0.728. The van der Waals surface area contributed by atoms with Gasteiger partial charge in [0.2, 0.25) is 0 Å². The third kappa shape index (κ3) is 8.09. The minimum Gasteiger partial charge on any atom is -0.305 e. The summed E-state index contributed by atoms with van der Waals surface area (Å²) >= 11 is 0. The summed E-state index contributed by atoms with van der Waals surface area (Å²) in [5.74, 6) is -2.78. The van der Waals surface area contributed by atoms with Crippen molar-refractivity contribution in [1.29, 1.82) is 0 Å². The fourth-order valence-corrected chi connectivity index (χ4v) is 6.24. The molecule has 10 heteroatoms. The average molecular weight is 611 g/mol. The molecule has 6 nitrogen and oxygen atoms in total. The first-order chi connectivity index (χ1) is 21.3. The summed E-state index contributed by atoms with van der Waals surface area (Å²) in [6, 6.07) is 11.8. The van der Waals surface area contributed by atoms with Crippen LogP contribution in [0.5, 0.6) is 0 Å². The summed E-state index contributed by atoms with van der Waals surface area (Å²) in [4.78, 5) is 30.4. The van der Waals surface area contributed by atoms with E-state index < -0.39 is 35.3 Å². The van der Waals surface area contributed by atoms with Gasteiger partial charge in [0.15, 0.2) is 0 Å². The van der Waals surface area contributed by atoms with E-state index in [1.54, 1.807) is 34.1 Å². The predicted octanol–water partition coefficient (Wildman–Crippen LogP) is 9.48. The predicted molar refractivity (Wildman–Crippen MR) is 165 cm³/mol. The Morgan fingerprint density at radius 3 is 1.39 bits per heavy atom. The minimum absolute atomic E-state index is 0.138. The molecular weight excluding hydrogens is 572 g/mol. The van der Waals surface area contributed by atoms with Crippen LogP contribution in [0.3, 0.4) is 0 Å². The molecule has 4 amide bonds. The van der Waals surface area contributed by atoms with Crippen LogP contribution in [-0.2, 0) is 0 Å². The number of hydrogen-bond acceptors (Lipinski definition) is 2. The number of carbonyl (C=O) groups excluding carboxylic acids is 2. The average Bonchev–Trinajstić information content (AvgIpc) is 3.02. The van der Waals surface area contributed by atoms with Crippen LogP contribution in [0, 0.1) is 35.1 Å². The van der Waals surface area contributed by atoms with Crippen LogP contribution in [0.4, 0.5) is 49.9 Å². The maximum Gasteiger partial charge on any atom is 0.326 e. The second kappa shape index (κ2) is 14.6. The number of nitrogens with one attached hydrogen (secondary N) is 2. The molecule has 5 rings (SSSR count). The third-order valence-corrected chi connectivity index (χ3v) is 8.62. The van der Waals surface area contributed by atoms with E-state index >= 15 is 0 Å². The Labute approximate surface area is 255 Å². The van der Waals surface area contributed by atoms with Crippen molar-refractivity contribution in [2.24, 2.45) is 11.8 Å². The Morgan fingerprint density at radius 1 is 0.591 bits per heavy atom. The number of urea groups is 2. The molecule has 44 heavy (non-hydrogen) atoms. The van der Waals surface area contributed by atoms with E-state index in [-0.39, 0.29) is 23.2 Å². The smallest absolute Gasteiger partial charge is 0.305 e. The number of carbonyl (C=O) groups is 2. The summed E-state index contributed by atoms with van der Waals surface area (Å²) in [6.45, 7) is 0.765. The van der Waals surface area contributed by atoms with Gasteiger partial charge in [-0.3, -0.25) is 9.80 Å². The molecule has 2 aliphatic carbocycles. The second-order valence-electron chi connectivity index (χ2n) is 11.9. The van der Waals surface area contributed by atoms with Crippen molar-refractivity contribution < 1.29 is 27.2 Å². The molecule has 0 atom stereocenters. The van der Waals surface area contributed by atoms with Gasteiger partial charge in [-0.25, -0.2) is 27.2 Å². The molecule has 0 heterocycles. The quantitative estimate of drug-likeness (QED) is 0.250. The molecule has 3 aromatic rings. The number of rotatable bonds is 8. The van der Waals surface area contributed by atoms with Gasteiger partial charge in [0.1, 0.15) is 23.3 Å². The zero-order chi connectivity index (χ0) is 31.1. The van der Waals surface area contributed by atoms with Crippen molar-refractivity contribution in [3.8, 4) is 0 Å². The molecule has 0 bridgehead atoms. The van der Waals surface area contributed by atoms with Crippen molar-refractivity contribution in [1.82, 2.24) is 0 Å². The van der Waals surface area contributed by atoms with E-state index in [0.29, 0.717) is 36.6 Å². The van der Waals surface area contributed by atoms with E-state index in [0.717, 1.165) is 76.3 Å². The number of nitrogens with zero attached hydrogens (tertiary/aromatic N) is 2. The molecule has 0 aliphatic heterocycles. The van der Waals surface area contributed by atoms with Gasteiger partial charge in [-0.1, -0.05) is 44.6 Å². The Hall–Kier alpha value is -4.08. The lowest BCUT2D eigenvalue weighted by molar-refractivity contribution is 0.253. The zero-order valence-corrected chi connectivity index (χ0v) is 24.6. The first-order valence-corrected chi connectivity index (χ1v) is 15.4. The lowest BCUT2D eigenvalue weighted by Crippen LogP contribution is -2.41. The number of anilines is 4. The van der Waals surface area contributed by atoms with Gasteiger partial charge >= 0.3 is 12.1 Å². The molecule has 2 N–H and O–H groups in total. The minimum atomic E-state index is -0.881. The highest BCUT2D eigenvalue weighted by molar-refractivity contribution is 6.04. The molecule has 2 fully saturated rings. The molecular formula is C34H38F4N4O2. The first kappa shape index (κ1) is 31.3. The maximum absolute atomic E-state index is 14.5. The Kier molecular flexibility index (Phi) is 10.4. The molecule has 0 aromatic heterocycles. The second-order valence-corrected chi connectivity index (χ2v) is 11.9. The fourth-order valence-electron chi connectivity index (χ4n) is 6.24. The van der Waals surface area contributed by atoms with Gasteiger partial charge in [0, 0.05) is 36.6 Å². The standard InChI is InChI=1S/C34H38F4N4O2/c35-25-14-16-31(29(37)18-25)39-33(43)41(21-23-8-3-1-4-9-23)27-12-7-13-28(20-27)42(22-24-10-5-2-6-11-24)34(44)40-32-17-15-26(36)19-30(32)38/h7,12-20,23-24H,1-6,8-11,21-22H2,(H,39,43)(H,40,44). The fraction of sp³-hybridized carbons (Fsp3) is 0.412. The van der Waals surface area contributed by atoms with Gasteiger partial charge < -0.3 is 10.6 Å². The normalized spacial score (nSPS) is 15.9. The highest BCUT2D eigenvalue weighted by Gasteiger charge is 2.27. The molecule has 2 aliphatic rings. The number of hydrogen-bond donors (Lipinski definition) is 2. The third-order valence-electron chi connectivity index (χ3n) is 8.62. The molecule has 234 valence electrons. The van der Waals surface area contributed by atoms with Crippen molar-refractivity contribution in [2.75, 3.05) is 33.5 Å². The summed E-state index contributed by atoms with van der Waals surface area (Å²) in [6.07, 6.45) is 10.3. The van der Waals surface area contributed by atoms with Crippen LogP contribution in [0.2, 0.25) is 0 Å². The van der Waals surface area contributed by atoms with Gasteiger partial charge in [-0.15, -0.1) is 0 Å². The van der Waals surface area contributed by atoms with Gasteiger partial charge in [-0.2, -0.15) is 0 Å². The Morgan fingerprint density at radius 2 is 1.00 bits per heavy atom. The van der Waals surface area contributed by atoms with Crippen LogP contribution in [0.25, 0.3) is 0 Å². The number of benzene rings is 3. The molecule has 0 spiro atoms. The van der Waals surface area contributed by atoms with Gasteiger partial charge in [0.05, 0.1) is 11.4 Å². The highest BCUT2D eigenvalue weighted by Crippen LogP contribution is 2.32. The van der Waals surface area contributed by atoms with E-state index in [9.17, 15) is 27.2 Å². The summed E-state index contributed by atoms with van der Waals surface area (Å²) < 4.78 is 56.0. The van der Waals surface area contributed by atoms with E-state index in [1.807, 2.05) is 0 Å². The van der Waals surface area contributed by atoms with Crippen LogP contribution < -0.4 is 20.4 Å². The monoisotopic (exact) mass is 610 g/mol. The number of amides is 4. The molecule has 0 unspecified atom stereocenters. The van der Waals surface area contributed by atoms with Gasteiger partial charge in [-0.05, 0) is 80.0 Å². The van der Waals surface area contributed by atoms with Crippen LogP contribution in [0.15, 0.2) is 60.7 Å². The van der Waals surface area contributed by atoms with Crippen LogP contribution in [0.1, 0.15) is 64.2 Å². The largest absolute Gasteiger partial charge is 0.326 e. The molecule has 0 saturated heterocycles. The molecule has 3 aromatic carbocycles. The zero-order valence-electron chi connectivity index (χ0n) is 24.6. The van der Waals surface area contributed by atoms with Crippen molar-refractivity contribution >= 4 is 34.8 Å². The van der Waals surface area contributed by atoms with Crippen LogP contribution in [-0.4, -0.2) is 25.2 Å². The summed E-state index contributed by atoms with van der Waals surface area (Å²) in [7, 11) is 0. The lowest BCUT2D eigenvalue weighted by atomic mass is 9.88.